The summed E-state index contributed by atoms with van der Waals surface area (Å²) < 4.78 is 5.57. The Morgan fingerprint density at radius 2 is 2.38 bits per heavy atom. The molecule has 1 aromatic carbocycles. The summed E-state index contributed by atoms with van der Waals surface area (Å²) in [5.74, 6) is 1.21. The molecule has 1 aliphatic heterocycles. The van der Waals surface area contributed by atoms with Crippen molar-refractivity contribution in [3.8, 4) is 11.5 Å². The van der Waals surface area contributed by atoms with Crippen molar-refractivity contribution < 1.29 is 4.42 Å². The number of hydrogen-bond donors (Lipinski definition) is 1. The third-order valence-corrected chi connectivity index (χ3v) is 4.30. The van der Waals surface area contributed by atoms with Gasteiger partial charge in [0, 0.05) is 29.7 Å². The zero-order valence-electron chi connectivity index (χ0n) is 12.1. The third kappa shape index (κ3) is 3.46. The van der Waals surface area contributed by atoms with Crippen LogP contribution in [0.4, 0.5) is 0 Å². The minimum Gasteiger partial charge on any atom is -0.444 e. The van der Waals surface area contributed by atoms with Crippen LogP contribution in [0.25, 0.3) is 11.5 Å². The van der Waals surface area contributed by atoms with Gasteiger partial charge in [0.05, 0.1) is 5.69 Å². The van der Waals surface area contributed by atoms with Crippen molar-refractivity contribution in [1.29, 1.82) is 0 Å². The summed E-state index contributed by atoms with van der Waals surface area (Å²) in [6.45, 7) is 5.01. The molecule has 2 atom stereocenters. The second kappa shape index (κ2) is 6.18. The summed E-state index contributed by atoms with van der Waals surface area (Å²) in [6.07, 6.45) is 2.89. The summed E-state index contributed by atoms with van der Waals surface area (Å²) in [6, 6.07) is 7.81. The number of aromatic nitrogens is 1. The van der Waals surface area contributed by atoms with Gasteiger partial charge in [-0.05, 0) is 44.0 Å². The van der Waals surface area contributed by atoms with Crippen LogP contribution in [-0.4, -0.2) is 29.0 Å². The molecule has 2 N–H and O–H groups in total. The van der Waals surface area contributed by atoms with Crippen LogP contribution in [0.5, 0.6) is 0 Å². The van der Waals surface area contributed by atoms with Gasteiger partial charge >= 0.3 is 0 Å². The van der Waals surface area contributed by atoms with E-state index in [1.54, 1.807) is 6.26 Å². The topological polar surface area (TPSA) is 55.3 Å². The molecule has 0 bridgehead atoms. The highest BCUT2D eigenvalue weighted by molar-refractivity contribution is 6.30. The quantitative estimate of drug-likeness (QED) is 0.942. The first-order valence-corrected chi connectivity index (χ1v) is 7.68. The van der Waals surface area contributed by atoms with Gasteiger partial charge in [-0.1, -0.05) is 17.7 Å². The average Bonchev–Trinajstić information content (AvgIpc) is 3.08. The number of oxazole rings is 1. The molecule has 4 nitrogen and oxygen atoms in total. The van der Waals surface area contributed by atoms with Crippen LogP contribution in [0.15, 0.2) is 34.9 Å². The predicted molar refractivity (Wildman–Crippen MR) is 84.0 cm³/mol. The fourth-order valence-corrected chi connectivity index (χ4v) is 2.99. The van der Waals surface area contributed by atoms with E-state index >= 15 is 0 Å². The van der Waals surface area contributed by atoms with Crippen molar-refractivity contribution in [1.82, 2.24) is 9.88 Å². The lowest BCUT2D eigenvalue weighted by Crippen LogP contribution is -2.29. The number of nitrogens with zero attached hydrogens (tertiary/aromatic N) is 2. The van der Waals surface area contributed by atoms with Crippen LogP contribution < -0.4 is 5.73 Å². The molecule has 3 rings (SSSR count). The highest BCUT2D eigenvalue weighted by Gasteiger charge is 2.25. The molecule has 1 aromatic heterocycles. The monoisotopic (exact) mass is 305 g/mol. The highest BCUT2D eigenvalue weighted by Crippen LogP contribution is 2.24. The van der Waals surface area contributed by atoms with Gasteiger partial charge < -0.3 is 10.2 Å². The summed E-state index contributed by atoms with van der Waals surface area (Å²) in [4.78, 5) is 6.94. The molecule has 0 amide bonds. The van der Waals surface area contributed by atoms with Crippen LogP contribution in [0.1, 0.15) is 19.0 Å². The lowest BCUT2D eigenvalue weighted by Gasteiger charge is -2.16. The van der Waals surface area contributed by atoms with Crippen molar-refractivity contribution in [2.45, 2.75) is 25.9 Å². The van der Waals surface area contributed by atoms with Crippen LogP contribution in [0.3, 0.4) is 0 Å². The molecule has 21 heavy (non-hydrogen) atoms. The Bertz CT molecular complexity index is 611. The summed E-state index contributed by atoms with van der Waals surface area (Å²) in [7, 11) is 0. The molecule has 0 spiro atoms. The second-order valence-corrected chi connectivity index (χ2v) is 6.23. The molecule has 2 heterocycles. The number of halogens is 1. The molecule has 112 valence electrons. The van der Waals surface area contributed by atoms with Gasteiger partial charge in [0.15, 0.2) is 0 Å². The molecular weight excluding hydrogens is 286 g/mol. The van der Waals surface area contributed by atoms with Gasteiger partial charge in [-0.3, -0.25) is 4.90 Å². The largest absolute Gasteiger partial charge is 0.444 e. The zero-order chi connectivity index (χ0) is 14.8. The average molecular weight is 306 g/mol. The Kier molecular flexibility index (Phi) is 4.29. The van der Waals surface area contributed by atoms with Gasteiger partial charge in [0.1, 0.15) is 6.26 Å². The number of hydrogen-bond acceptors (Lipinski definition) is 4. The molecule has 0 saturated carbocycles. The smallest absolute Gasteiger partial charge is 0.226 e. The SMILES string of the molecule is CC(N)C1CCN(Cc2coc(-c3cccc(Cl)c3)n2)C1. The Morgan fingerprint density at radius 3 is 3.10 bits per heavy atom. The predicted octanol–water partition coefficient (Wildman–Crippen LogP) is 3.16. The van der Waals surface area contributed by atoms with E-state index in [2.05, 4.69) is 16.8 Å². The normalized spacial score (nSPS) is 20.8. The van der Waals surface area contributed by atoms with E-state index in [-0.39, 0.29) is 6.04 Å². The lowest BCUT2D eigenvalue weighted by molar-refractivity contribution is 0.305. The van der Waals surface area contributed by atoms with E-state index in [0.29, 0.717) is 16.8 Å². The molecular formula is C16H20ClN3O. The van der Waals surface area contributed by atoms with Gasteiger partial charge in [-0.2, -0.15) is 0 Å². The molecule has 1 aliphatic rings. The summed E-state index contributed by atoms with van der Waals surface area (Å²) in [5, 5.41) is 0.687. The Balaban J connectivity index is 1.66. The molecule has 5 heteroatoms. The van der Waals surface area contributed by atoms with Crippen LogP contribution in [-0.2, 0) is 6.54 Å². The van der Waals surface area contributed by atoms with Crippen molar-refractivity contribution in [2.24, 2.45) is 11.7 Å². The van der Waals surface area contributed by atoms with Gasteiger partial charge in [0.25, 0.3) is 0 Å². The molecule has 2 aromatic rings. The van der Waals surface area contributed by atoms with Gasteiger partial charge in [0.2, 0.25) is 5.89 Å². The Hall–Kier alpha value is -1.36. The van der Waals surface area contributed by atoms with Crippen LogP contribution in [0.2, 0.25) is 5.02 Å². The number of likely N-dealkylation sites (tertiary alicyclic amines) is 1. The first kappa shape index (κ1) is 14.6. The summed E-state index contributed by atoms with van der Waals surface area (Å²) in [5.41, 5.74) is 7.83. The van der Waals surface area contributed by atoms with Crippen molar-refractivity contribution in [3.05, 3.63) is 41.2 Å². The maximum Gasteiger partial charge on any atom is 0.226 e. The van der Waals surface area contributed by atoms with E-state index < -0.39 is 0 Å². The summed E-state index contributed by atoms with van der Waals surface area (Å²) >= 11 is 6.00. The van der Waals surface area contributed by atoms with Crippen molar-refractivity contribution in [3.63, 3.8) is 0 Å². The van der Waals surface area contributed by atoms with Crippen molar-refractivity contribution >= 4 is 11.6 Å². The van der Waals surface area contributed by atoms with Crippen LogP contribution >= 0.6 is 11.6 Å². The number of nitrogens with two attached hydrogens (primary N) is 1. The standard InChI is InChI=1S/C16H20ClN3O/c1-11(18)13-5-6-20(8-13)9-15-10-21-16(19-15)12-3-2-4-14(17)7-12/h2-4,7,10-11,13H,5-6,8-9,18H2,1H3. The number of rotatable bonds is 4. The fourth-order valence-electron chi connectivity index (χ4n) is 2.80. The first-order valence-electron chi connectivity index (χ1n) is 7.30. The van der Waals surface area contributed by atoms with Gasteiger partial charge in [-0.15, -0.1) is 0 Å². The van der Waals surface area contributed by atoms with E-state index in [9.17, 15) is 0 Å². The van der Waals surface area contributed by atoms with Crippen molar-refractivity contribution in [2.75, 3.05) is 13.1 Å². The van der Waals surface area contributed by atoms with E-state index in [4.69, 9.17) is 21.8 Å². The maximum atomic E-state index is 6.00. The van der Waals surface area contributed by atoms with E-state index in [1.807, 2.05) is 24.3 Å². The minimum absolute atomic E-state index is 0.259. The Labute approximate surface area is 129 Å². The third-order valence-electron chi connectivity index (χ3n) is 4.06. The van der Waals surface area contributed by atoms with E-state index in [0.717, 1.165) is 37.3 Å². The molecule has 2 unspecified atom stereocenters. The highest BCUT2D eigenvalue weighted by atomic mass is 35.5. The van der Waals surface area contributed by atoms with Crippen LogP contribution in [0, 0.1) is 5.92 Å². The molecule has 0 aliphatic carbocycles. The maximum absolute atomic E-state index is 6.00. The zero-order valence-corrected chi connectivity index (χ0v) is 12.9. The first-order chi connectivity index (χ1) is 10.1. The van der Waals surface area contributed by atoms with E-state index in [1.165, 1.54) is 0 Å². The Morgan fingerprint density at radius 1 is 1.52 bits per heavy atom. The molecule has 1 saturated heterocycles. The number of benzene rings is 1. The molecule has 1 fully saturated rings. The minimum atomic E-state index is 0.259. The second-order valence-electron chi connectivity index (χ2n) is 5.80. The fraction of sp³-hybridized carbons (Fsp3) is 0.438. The molecule has 0 radical (unpaired) electrons. The van der Waals surface area contributed by atoms with Gasteiger partial charge in [-0.25, -0.2) is 4.98 Å². The lowest BCUT2D eigenvalue weighted by atomic mass is 10.0.